The van der Waals surface area contributed by atoms with Crippen LogP contribution in [0, 0.1) is 5.92 Å². The molecule has 3 aromatic carbocycles. The van der Waals surface area contributed by atoms with Gasteiger partial charge in [0.25, 0.3) is 5.91 Å². The Bertz CT molecular complexity index is 1410. The van der Waals surface area contributed by atoms with Crippen LogP contribution in [0.25, 0.3) is 11.1 Å². The average Bonchev–Trinajstić information content (AvgIpc) is 3.83. The number of amides is 3. The molecule has 1 aliphatic rings. The lowest BCUT2D eigenvalue weighted by Crippen LogP contribution is -2.57. The molecular weight excluding hydrogens is 546 g/mol. The number of aliphatic hydroxyl groups excluding tert-OH is 1. The summed E-state index contributed by atoms with van der Waals surface area (Å²) in [6, 6.07) is 24.1. The smallest absolute Gasteiger partial charge is 0.252 e. The monoisotopic (exact) mass is 585 g/mol. The molecule has 0 saturated carbocycles. The van der Waals surface area contributed by atoms with E-state index in [2.05, 4.69) is 16.0 Å². The lowest BCUT2D eigenvalue weighted by Gasteiger charge is -2.25. The van der Waals surface area contributed by atoms with Crippen molar-refractivity contribution in [1.82, 2.24) is 16.0 Å². The summed E-state index contributed by atoms with van der Waals surface area (Å²) in [6.07, 6.45) is 1.05. The van der Waals surface area contributed by atoms with Gasteiger partial charge in [-0.05, 0) is 47.6 Å². The van der Waals surface area contributed by atoms with Gasteiger partial charge >= 0.3 is 0 Å². The fraction of sp³-hybridized carbons (Fsp3) is 0.353. The molecule has 0 bridgehead atoms. The number of hydrogen-bond acceptors (Lipinski definition) is 6. The molecule has 0 aromatic heterocycles. The molecule has 43 heavy (non-hydrogen) atoms. The van der Waals surface area contributed by atoms with Crippen molar-refractivity contribution in [2.45, 2.75) is 50.8 Å². The second kappa shape index (κ2) is 14.7. The molecule has 1 aliphatic heterocycles. The highest BCUT2D eigenvalue weighted by molar-refractivity contribution is 6.01. The fourth-order valence-corrected chi connectivity index (χ4v) is 4.82. The van der Waals surface area contributed by atoms with Crippen LogP contribution in [0.3, 0.4) is 0 Å². The number of hydrogen-bond donors (Lipinski definition) is 4. The first-order chi connectivity index (χ1) is 20.7. The van der Waals surface area contributed by atoms with Crippen LogP contribution >= 0.6 is 0 Å². The van der Waals surface area contributed by atoms with E-state index in [0.717, 1.165) is 16.7 Å². The molecule has 9 nitrogen and oxygen atoms in total. The quantitative estimate of drug-likeness (QED) is 0.202. The van der Waals surface area contributed by atoms with Crippen LogP contribution in [0.5, 0.6) is 0 Å². The normalized spacial score (nSPS) is 17.0. The van der Waals surface area contributed by atoms with Crippen molar-refractivity contribution in [3.63, 3.8) is 0 Å². The first kappa shape index (κ1) is 31.6. The number of Topliss-reactive ketones (excluding diaryl/α,β-unsaturated/α-hetero) is 1. The molecule has 9 heteroatoms. The predicted molar refractivity (Wildman–Crippen MR) is 163 cm³/mol. The topological polar surface area (TPSA) is 137 Å². The standard InChI is InChI=1S/C34H39N3O6/c1-23(2)18-28(31(40)34(21-38)22-43-34)36-33(42)29(20-35-30(39)17-16-24-10-5-3-6-11-24)37-32(41)27-15-9-14-26(19-27)25-12-7-4-8-13-25/h3-15,19,23,28-29,38H,16-18,20-22H2,1-2H3,(H,35,39)(H,36,42)(H,37,41)/t28?,29-,34?/m0/s1. The summed E-state index contributed by atoms with van der Waals surface area (Å²) in [6.45, 7) is 3.26. The second-order valence-corrected chi connectivity index (χ2v) is 11.3. The maximum Gasteiger partial charge on any atom is 0.252 e. The van der Waals surface area contributed by atoms with Crippen molar-refractivity contribution in [3.8, 4) is 11.1 Å². The number of nitrogens with one attached hydrogen (secondary N) is 3. The summed E-state index contributed by atoms with van der Waals surface area (Å²) >= 11 is 0. The fourth-order valence-electron chi connectivity index (χ4n) is 4.82. The molecular formula is C34H39N3O6. The Kier molecular flexibility index (Phi) is 10.8. The van der Waals surface area contributed by atoms with Crippen molar-refractivity contribution in [1.29, 1.82) is 0 Å². The highest BCUT2D eigenvalue weighted by Crippen LogP contribution is 2.30. The van der Waals surface area contributed by atoms with Crippen molar-refractivity contribution >= 4 is 23.5 Å². The van der Waals surface area contributed by atoms with E-state index in [9.17, 15) is 24.3 Å². The molecule has 226 valence electrons. The van der Waals surface area contributed by atoms with Gasteiger partial charge < -0.3 is 25.8 Å². The second-order valence-electron chi connectivity index (χ2n) is 11.3. The van der Waals surface area contributed by atoms with Gasteiger partial charge in [-0.3, -0.25) is 19.2 Å². The van der Waals surface area contributed by atoms with E-state index < -0.39 is 41.9 Å². The van der Waals surface area contributed by atoms with E-state index in [0.29, 0.717) is 18.4 Å². The number of rotatable bonds is 15. The van der Waals surface area contributed by atoms with Crippen molar-refractivity contribution in [3.05, 3.63) is 96.1 Å². The van der Waals surface area contributed by atoms with Gasteiger partial charge in [-0.1, -0.05) is 86.6 Å². The Labute approximate surface area is 252 Å². The highest BCUT2D eigenvalue weighted by Gasteiger charge is 2.54. The van der Waals surface area contributed by atoms with Crippen LogP contribution in [-0.4, -0.2) is 66.1 Å². The zero-order valence-corrected chi connectivity index (χ0v) is 24.5. The van der Waals surface area contributed by atoms with Gasteiger partial charge in [0.05, 0.1) is 19.3 Å². The van der Waals surface area contributed by atoms with E-state index >= 15 is 0 Å². The third-order valence-corrected chi connectivity index (χ3v) is 7.38. The number of ketones is 1. The lowest BCUT2D eigenvalue weighted by atomic mass is 9.92. The molecule has 1 fully saturated rings. The van der Waals surface area contributed by atoms with Crippen molar-refractivity contribution in [2.24, 2.45) is 5.92 Å². The molecule has 1 saturated heterocycles. The van der Waals surface area contributed by atoms with Crippen LogP contribution in [0.15, 0.2) is 84.9 Å². The molecule has 3 amide bonds. The number of epoxide rings is 1. The minimum absolute atomic E-state index is 0.0511. The van der Waals surface area contributed by atoms with Gasteiger partial charge in [0.1, 0.15) is 6.04 Å². The third-order valence-electron chi connectivity index (χ3n) is 7.38. The number of carbonyl (C=O) groups is 4. The third kappa shape index (κ3) is 8.83. The molecule has 0 spiro atoms. The molecule has 4 N–H and O–H groups in total. The van der Waals surface area contributed by atoms with Gasteiger partial charge in [0.2, 0.25) is 11.8 Å². The number of aliphatic hydroxyl groups is 1. The Balaban J connectivity index is 1.49. The highest BCUT2D eigenvalue weighted by atomic mass is 16.6. The Morgan fingerprint density at radius 1 is 0.860 bits per heavy atom. The number of aryl methyl sites for hydroxylation is 1. The summed E-state index contributed by atoms with van der Waals surface area (Å²) in [5.74, 6) is -1.76. The summed E-state index contributed by atoms with van der Waals surface area (Å²) in [5.41, 5.74) is 1.82. The zero-order chi connectivity index (χ0) is 30.8. The summed E-state index contributed by atoms with van der Waals surface area (Å²) in [7, 11) is 0. The first-order valence-corrected chi connectivity index (χ1v) is 14.6. The molecule has 1 heterocycles. The van der Waals surface area contributed by atoms with Crippen LogP contribution < -0.4 is 16.0 Å². The maximum atomic E-state index is 13.6. The molecule has 4 rings (SSSR count). The molecule has 2 unspecified atom stereocenters. The minimum atomic E-state index is -1.31. The van der Waals surface area contributed by atoms with E-state index in [1.807, 2.05) is 80.6 Å². The lowest BCUT2D eigenvalue weighted by molar-refractivity contribution is -0.133. The summed E-state index contributed by atoms with van der Waals surface area (Å²) in [4.78, 5) is 52.9. The van der Waals surface area contributed by atoms with E-state index in [1.54, 1.807) is 18.2 Å². The number of ether oxygens (including phenoxy) is 1. The van der Waals surface area contributed by atoms with Gasteiger partial charge in [0, 0.05) is 18.5 Å². The van der Waals surface area contributed by atoms with E-state index in [4.69, 9.17) is 4.74 Å². The molecule has 0 aliphatic carbocycles. The Morgan fingerprint density at radius 2 is 1.51 bits per heavy atom. The van der Waals surface area contributed by atoms with Crippen molar-refractivity contribution in [2.75, 3.05) is 19.8 Å². The molecule has 0 radical (unpaired) electrons. The average molecular weight is 586 g/mol. The number of carbonyl (C=O) groups excluding carboxylic acids is 4. The number of benzene rings is 3. The molecule has 3 aromatic rings. The Morgan fingerprint density at radius 3 is 2.14 bits per heavy atom. The van der Waals surface area contributed by atoms with E-state index in [-0.39, 0.29) is 31.4 Å². The first-order valence-electron chi connectivity index (χ1n) is 14.6. The maximum absolute atomic E-state index is 13.6. The van der Waals surface area contributed by atoms with E-state index in [1.165, 1.54) is 0 Å². The van der Waals surface area contributed by atoms with Gasteiger partial charge in [-0.15, -0.1) is 0 Å². The van der Waals surface area contributed by atoms with Crippen LogP contribution in [0.4, 0.5) is 0 Å². The molecule has 3 atom stereocenters. The van der Waals surface area contributed by atoms with Gasteiger partial charge in [0.15, 0.2) is 11.4 Å². The Hall–Kier alpha value is -4.34. The van der Waals surface area contributed by atoms with Gasteiger partial charge in [-0.2, -0.15) is 0 Å². The van der Waals surface area contributed by atoms with Crippen LogP contribution in [-0.2, 0) is 25.5 Å². The summed E-state index contributed by atoms with van der Waals surface area (Å²) in [5, 5.41) is 18.0. The minimum Gasteiger partial charge on any atom is -0.393 e. The largest absolute Gasteiger partial charge is 0.393 e. The van der Waals surface area contributed by atoms with Crippen molar-refractivity contribution < 1.29 is 29.0 Å². The SMILES string of the molecule is CC(C)CC(NC(=O)[C@H](CNC(=O)CCc1ccccc1)NC(=O)c1cccc(-c2ccccc2)c1)C(=O)C1(CO)CO1. The van der Waals surface area contributed by atoms with Crippen LogP contribution in [0.2, 0.25) is 0 Å². The predicted octanol–water partition coefficient (Wildman–Crippen LogP) is 3.06. The zero-order valence-electron chi connectivity index (χ0n) is 24.5. The van der Waals surface area contributed by atoms with Crippen LogP contribution in [0.1, 0.15) is 42.6 Å². The van der Waals surface area contributed by atoms with Gasteiger partial charge in [-0.25, -0.2) is 0 Å². The summed E-state index contributed by atoms with van der Waals surface area (Å²) < 4.78 is 5.25.